The van der Waals surface area contributed by atoms with Gasteiger partial charge in [-0.15, -0.1) is 0 Å². The number of fused-ring (bicyclic) bond motifs is 2. The fourth-order valence-electron chi connectivity index (χ4n) is 3.11. The van der Waals surface area contributed by atoms with Crippen LogP contribution in [0.1, 0.15) is 37.7 Å². The lowest BCUT2D eigenvalue weighted by Gasteiger charge is -2.22. The van der Waals surface area contributed by atoms with Crippen molar-refractivity contribution in [2.75, 3.05) is 10.6 Å². The molecule has 1 fully saturated rings. The van der Waals surface area contributed by atoms with E-state index < -0.39 is 0 Å². The number of nitrogens with one attached hydrogen (secondary N) is 2. The molecule has 3 rings (SSSR count). The molecule has 2 N–H and O–H groups in total. The fourth-order valence-corrected chi connectivity index (χ4v) is 3.11. The number of aryl methyl sites for hydroxylation is 1. The molecule has 18 heavy (non-hydrogen) atoms. The van der Waals surface area contributed by atoms with Crippen molar-refractivity contribution >= 4 is 17.3 Å². The molecule has 0 bridgehead atoms. The molecule has 0 saturated heterocycles. The number of anilines is 2. The molecule has 1 aromatic rings. The molecule has 2 aliphatic rings. The molecule has 1 aliphatic carbocycles. The zero-order chi connectivity index (χ0) is 12.5. The zero-order valence-electron chi connectivity index (χ0n) is 10.8. The Kier molecular flexibility index (Phi) is 2.98. The van der Waals surface area contributed by atoms with Crippen molar-refractivity contribution < 1.29 is 4.79 Å². The van der Waals surface area contributed by atoms with Crippen molar-refractivity contribution in [1.82, 2.24) is 0 Å². The predicted octanol–water partition coefficient (Wildman–Crippen LogP) is 3.31. The highest BCUT2D eigenvalue weighted by Gasteiger charge is 2.32. The first-order valence-electron chi connectivity index (χ1n) is 6.92. The number of carbonyl (C=O) groups excluding carboxylic acids is 1. The Morgan fingerprint density at radius 2 is 1.94 bits per heavy atom. The van der Waals surface area contributed by atoms with E-state index in [2.05, 4.69) is 29.7 Å². The highest BCUT2D eigenvalue weighted by molar-refractivity contribution is 5.98. The lowest BCUT2D eigenvalue weighted by Crippen LogP contribution is -2.34. The summed E-state index contributed by atoms with van der Waals surface area (Å²) in [7, 11) is 0. The van der Waals surface area contributed by atoms with Gasteiger partial charge in [0.1, 0.15) is 0 Å². The lowest BCUT2D eigenvalue weighted by molar-refractivity contribution is -0.120. The SMILES string of the molecule is Cc1ccc2c(c1)NC(=O)C1CCCCCC1N2. The van der Waals surface area contributed by atoms with Gasteiger partial charge in [0.15, 0.2) is 0 Å². The summed E-state index contributed by atoms with van der Waals surface area (Å²) in [5, 5.41) is 6.66. The van der Waals surface area contributed by atoms with Gasteiger partial charge in [0, 0.05) is 6.04 Å². The molecule has 0 aromatic heterocycles. The van der Waals surface area contributed by atoms with Gasteiger partial charge in [-0.2, -0.15) is 0 Å². The van der Waals surface area contributed by atoms with Crippen molar-refractivity contribution in [3.05, 3.63) is 23.8 Å². The zero-order valence-corrected chi connectivity index (χ0v) is 10.8. The van der Waals surface area contributed by atoms with Gasteiger partial charge in [-0.05, 0) is 37.5 Å². The van der Waals surface area contributed by atoms with E-state index in [1.54, 1.807) is 0 Å². The van der Waals surface area contributed by atoms with Gasteiger partial charge in [-0.25, -0.2) is 0 Å². The summed E-state index contributed by atoms with van der Waals surface area (Å²) in [6.07, 6.45) is 5.76. The smallest absolute Gasteiger partial charge is 0.229 e. The first-order chi connectivity index (χ1) is 8.74. The van der Waals surface area contributed by atoms with Gasteiger partial charge in [0.25, 0.3) is 0 Å². The Balaban J connectivity index is 1.95. The number of hydrogen-bond donors (Lipinski definition) is 2. The van der Waals surface area contributed by atoms with Crippen LogP contribution in [0.2, 0.25) is 0 Å². The summed E-state index contributed by atoms with van der Waals surface area (Å²) in [6, 6.07) is 6.52. The summed E-state index contributed by atoms with van der Waals surface area (Å²) in [4.78, 5) is 12.3. The minimum atomic E-state index is 0.125. The Labute approximate surface area is 108 Å². The van der Waals surface area contributed by atoms with Gasteiger partial charge in [-0.3, -0.25) is 4.79 Å². The maximum absolute atomic E-state index is 12.3. The molecule has 1 aliphatic heterocycles. The van der Waals surface area contributed by atoms with Crippen LogP contribution in [0, 0.1) is 12.8 Å². The topological polar surface area (TPSA) is 41.1 Å². The van der Waals surface area contributed by atoms with Gasteiger partial charge in [0.2, 0.25) is 5.91 Å². The highest BCUT2D eigenvalue weighted by Crippen LogP contribution is 2.34. The van der Waals surface area contributed by atoms with Crippen LogP contribution in [0.4, 0.5) is 11.4 Å². The van der Waals surface area contributed by atoms with E-state index in [-0.39, 0.29) is 11.8 Å². The summed E-state index contributed by atoms with van der Waals surface area (Å²) in [6.45, 7) is 2.05. The molecule has 3 nitrogen and oxygen atoms in total. The van der Waals surface area contributed by atoms with Crippen molar-refractivity contribution in [3.8, 4) is 0 Å². The number of amides is 1. The minimum absolute atomic E-state index is 0.125. The summed E-state index contributed by atoms with van der Waals surface area (Å²) in [5.74, 6) is 0.318. The second-order valence-electron chi connectivity index (χ2n) is 5.53. The quantitative estimate of drug-likeness (QED) is 0.735. The van der Waals surface area contributed by atoms with E-state index in [0.717, 1.165) is 24.2 Å². The third-order valence-electron chi connectivity index (χ3n) is 4.13. The average Bonchev–Trinajstić information content (AvgIpc) is 2.63. The second-order valence-corrected chi connectivity index (χ2v) is 5.53. The number of carbonyl (C=O) groups is 1. The molecule has 96 valence electrons. The monoisotopic (exact) mass is 244 g/mol. The maximum atomic E-state index is 12.3. The summed E-state index contributed by atoms with van der Waals surface area (Å²) >= 11 is 0. The van der Waals surface area contributed by atoms with Gasteiger partial charge in [-0.1, -0.05) is 25.3 Å². The van der Waals surface area contributed by atoms with Crippen molar-refractivity contribution in [3.63, 3.8) is 0 Å². The first-order valence-corrected chi connectivity index (χ1v) is 6.92. The van der Waals surface area contributed by atoms with Crippen LogP contribution in [0.15, 0.2) is 18.2 Å². The van der Waals surface area contributed by atoms with Crippen LogP contribution in [0.25, 0.3) is 0 Å². The normalized spacial score (nSPS) is 27.1. The van der Waals surface area contributed by atoms with Gasteiger partial charge in [0.05, 0.1) is 17.3 Å². The molecular formula is C15H20N2O. The Hall–Kier alpha value is -1.51. The van der Waals surface area contributed by atoms with Crippen LogP contribution in [-0.4, -0.2) is 11.9 Å². The minimum Gasteiger partial charge on any atom is -0.380 e. The van der Waals surface area contributed by atoms with E-state index in [0.29, 0.717) is 6.04 Å². The van der Waals surface area contributed by atoms with Crippen LogP contribution >= 0.6 is 0 Å². The molecule has 2 unspecified atom stereocenters. The van der Waals surface area contributed by atoms with Crippen molar-refractivity contribution in [1.29, 1.82) is 0 Å². The molecule has 1 amide bonds. The molecule has 1 aromatic carbocycles. The Morgan fingerprint density at radius 1 is 1.11 bits per heavy atom. The predicted molar refractivity (Wildman–Crippen MR) is 73.8 cm³/mol. The van der Waals surface area contributed by atoms with Crippen LogP contribution in [-0.2, 0) is 4.79 Å². The lowest BCUT2D eigenvalue weighted by atomic mass is 9.94. The van der Waals surface area contributed by atoms with Gasteiger partial charge >= 0.3 is 0 Å². The summed E-state index contributed by atoms with van der Waals surface area (Å²) in [5.41, 5.74) is 3.19. The van der Waals surface area contributed by atoms with Crippen LogP contribution in [0.3, 0.4) is 0 Å². The largest absolute Gasteiger partial charge is 0.380 e. The van der Waals surface area contributed by atoms with Crippen molar-refractivity contribution in [2.45, 2.75) is 45.1 Å². The van der Waals surface area contributed by atoms with E-state index in [4.69, 9.17) is 0 Å². The molecule has 3 heteroatoms. The second kappa shape index (κ2) is 4.63. The van der Waals surface area contributed by atoms with Crippen LogP contribution in [0.5, 0.6) is 0 Å². The molecule has 0 spiro atoms. The maximum Gasteiger partial charge on any atom is 0.229 e. The standard InChI is InChI=1S/C15H20N2O/c1-10-7-8-13-14(9-10)17-15(18)11-5-3-2-4-6-12(11)16-13/h7-9,11-12,16H,2-6H2,1H3,(H,17,18). The molecule has 1 heterocycles. The van der Waals surface area contributed by atoms with Crippen LogP contribution < -0.4 is 10.6 Å². The molecule has 2 atom stereocenters. The number of rotatable bonds is 0. The molecular weight excluding hydrogens is 224 g/mol. The van der Waals surface area contributed by atoms with E-state index >= 15 is 0 Å². The third kappa shape index (κ3) is 2.09. The molecule has 1 saturated carbocycles. The first kappa shape index (κ1) is 11.6. The Morgan fingerprint density at radius 3 is 2.83 bits per heavy atom. The van der Waals surface area contributed by atoms with E-state index in [1.165, 1.54) is 24.8 Å². The Bertz CT molecular complexity index is 470. The highest BCUT2D eigenvalue weighted by atomic mass is 16.2. The van der Waals surface area contributed by atoms with E-state index in [9.17, 15) is 4.79 Å². The fraction of sp³-hybridized carbons (Fsp3) is 0.533. The van der Waals surface area contributed by atoms with Gasteiger partial charge < -0.3 is 10.6 Å². The summed E-state index contributed by atoms with van der Waals surface area (Å²) < 4.78 is 0. The van der Waals surface area contributed by atoms with Crippen molar-refractivity contribution in [2.24, 2.45) is 5.92 Å². The average molecular weight is 244 g/mol. The van der Waals surface area contributed by atoms with E-state index in [1.807, 2.05) is 6.07 Å². The molecule has 0 radical (unpaired) electrons. The number of benzene rings is 1. The number of hydrogen-bond acceptors (Lipinski definition) is 2. The third-order valence-corrected chi connectivity index (χ3v) is 4.13.